The third kappa shape index (κ3) is 3.19. The Morgan fingerprint density at radius 3 is 2.50 bits per heavy atom. The monoisotopic (exact) mass is 287 g/mol. The van der Waals surface area contributed by atoms with Crippen LogP contribution in [0.2, 0.25) is 0 Å². The fourth-order valence-corrected chi connectivity index (χ4v) is 1.86. The van der Waals surface area contributed by atoms with E-state index in [1.165, 1.54) is 6.07 Å². The van der Waals surface area contributed by atoms with E-state index in [0.29, 0.717) is 12.2 Å². The maximum Gasteiger partial charge on any atom is 0.419 e. The lowest BCUT2D eigenvalue weighted by molar-refractivity contribution is -0.139. The van der Waals surface area contributed by atoms with Gasteiger partial charge in [-0.15, -0.1) is 0 Å². The molecule has 1 aromatic heterocycles. The van der Waals surface area contributed by atoms with Crippen molar-refractivity contribution in [3.63, 3.8) is 0 Å². The topological polar surface area (TPSA) is 39.2 Å². The highest BCUT2D eigenvalue weighted by molar-refractivity contribution is 5.59. The maximum absolute atomic E-state index is 13.2. The number of rotatable bonds is 3. The summed E-state index contributed by atoms with van der Waals surface area (Å²) >= 11 is 0. The van der Waals surface area contributed by atoms with E-state index in [1.807, 2.05) is 0 Å². The summed E-state index contributed by atoms with van der Waals surface area (Å²) in [5, 5.41) is 0. The van der Waals surface area contributed by atoms with Crippen molar-refractivity contribution in [2.45, 2.75) is 25.6 Å². The van der Waals surface area contributed by atoms with Gasteiger partial charge in [0.05, 0.1) is 5.56 Å². The summed E-state index contributed by atoms with van der Waals surface area (Å²) in [7, 11) is 0. The van der Waals surface area contributed by atoms with Crippen LogP contribution in [0.4, 0.5) is 17.6 Å². The van der Waals surface area contributed by atoms with Crippen molar-refractivity contribution in [3.8, 4) is 11.3 Å². The Labute approximate surface area is 113 Å². The zero-order valence-corrected chi connectivity index (χ0v) is 10.7. The second-order valence-corrected chi connectivity index (χ2v) is 4.64. The van der Waals surface area contributed by atoms with Crippen LogP contribution in [0.1, 0.15) is 18.2 Å². The highest BCUT2D eigenvalue weighted by Gasteiger charge is 2.34. The van der Waals surface area contributed by atoms with Crippen LogP contribution in [0.25, 0.3) is 11.3 Å². The SMILES string of the molecule is CC(N)Cc1ccc(-c2ccc(F)c(C(F)(F)F)c2)o1. The molecule has 0 aliphatic carbocycles. The molecule has 0 amide bonds. The third-order valence-corrected chi connectivity index (χ3v) is 2.74. The molecule has 1 heterocycles. The van der Waals surface area contributed by atoms with Gasteiger partial charge in [0.25, 0.3) is 0 Å². The first kappa shape index (κ1) is 14.6. The van der Waals surface area contributed by atoms with Crippen LogP contribution in [-0.2, 0) is 12.6 Å². The van der Waals surface area contributed by atoms with Crippen molar-refractivity contribution in [2.75, 3.05) is 0 Å². The summed E-state index contributed by atoms with van der Waals surface area (Å²) in [6.07, 6.45) is -4.26. The van der Waals surface area contributed by atoms with Gasteiger partial charge in [0, 0.05) is 18.0 Å². The van der Waals surface area contributed by atoms with Gasteiger partial charge in [-0.1, -0.05) is 0 Å². The molecule has 0 saturated heterocycles. The number of hydrogen-bond acceptors (Lipinski definition) is 2. The Morgan fingerprint density at radius 1 is 1.20 bits per heavy atom. The molecule has 0 aliphatic rings. The van der Waals surface area contributed by atoms with Gasteiger partial charge >= 0.3 is 6.18 Å². The van der Waals surface area contributed by atoms with Crippen LogP contribution < -0.4 is 5.73 Å². The molecule has 6 heteroatoms. The molecule has 1 unspecified atom stereocenters. The number of alkyl halides is 3. The normalized spacial score (nSPS) is 13.5. The molecule has 2 nitrogen and oxygen atoms in total. The van der Waals surface area contributed by atoms with Crippen molar-refractivity contribution in [3.05, 3.63) is 47.5 Å². The molecule has 108 valence electrons. The maximum atomic E-state index is 13.2. The van der Waals surface area contributed by atoms with Gasteiger partial charge in [-0.2, -0.15) is 13.2 Å². The first-order valence-electron chi connectivity index (χ1n) is 5.99. The second-order valence-electron chi connectivity index (χ2n) is 4.64. The first-order valence-corrected chi connectivity index (χ1v) is 5.99. The van der Waals surface area contributed by atoms with E-state index in [4.69, 9.17) is 10.2 Å². The van der Waals surface area contributed by atoms with Crippen molar-refractivity contribution < 1.29 is 22.0 Å². The molecule has 0 spiro atoms. The van der Waals surface area contributed by atoms with Crippen molar-refractivity contribution in [1.82, 2.24) is 0 Å². The van der Waals surface area contributed by atoms with E-state index >= 15 is 0 Å². The molecule has 0 bridgehead atoms. The van der Waals surface area contributed by atoms with E-state index < -0.39 is 17.6 Å². The molecule has 1 atom stereocenters. The van der Waals surface area contributed by atoms with Crippen molar-refractivity contribution >= 4 is 0 Å². The van der Waals surface area contributed by atoms with Gasteiger partial charge in [-0.05, 0) is 37.3 Å². The Morgan fingerprint density at radius 2 is 1.90 bits per heavy atom. The van der Waals surface area contributed by atoms with Gasteiger partial charge in [-0.25, -0.2) is 4.39 Å². The fraction of sp³-hybridized carbons (Fsp3) is 0.286. The highest BCUT2D eigenvalue weighted by atomic mass is 19.4. The van der Waals surface area contributed by atoms with Crippen LogP contribution in [0.3, 0.4) is 0 Å². The minimum absolute atomic E-state index is 0.118. The number of nitrogens with two attached hydrogens (primary N) is 1. The average molecular weight is 287 g/mol. The van der Waals surface area contributed by atoms with Crippen molar-refractivity contribution in [2.24, 2.45) is 5.73 Å². The van der Waals surface area contributed by atoms with Gasteiger partial charge in [0.1, 0.15) is 17.3 Å². The standard InChI is InChI=1S/C14H13F4NO/c1-8(19)6-10-3-5-13(20-10)9-2-4-12(15)11(7-9)14(16,17)18/h2-5,7-8H,6,19H2,1H3. The predicted molar refractivity (Wildman–Crippen MR) is 66.5 cm³/mol. The number of benzene rings is 1. The minimum Gasteiger partial charge on any atom is -0.461 e. The van der Waals surface area contributed by atoms with E-state index in [0.717, 1.165) is 12.1 Å². The van der Waals surface area contributed by atoms with Crippen LogP contribution >= 0.6 is 0 Å². The molecule has 0 aliphatic heterocycles. The lowest BCUT2D eigenvalue weighted by Gasteiger charge is -2.09. The fourth-order valence-electron chi connectivity index (χ4n) is 1.86. The summed E-state index contributed by atoms with van der Waals surface area (Å²) in [4.78, 5) is 0. The molecule has 1 aromatic carbocycles. The van der Waals surface area contributed by atoms with Gasteiger partial charge in [0.2, 0.25) is 0 Å². The van der Waals surface area contributed by atoms with E-state index in [1.54, 1.807) is 19.1 Å². The van der Waals surface area contributed by atoms with Crippen LogP contribution in [0, 0.1) is 5.82 Å². The molecular formula is C14H13F4NO. The first-order chi connectivity index (χ1) is 9.27. The van der Waals surface area contributed by atoms with E-state index in [-0.39, 0.29) is 17.4 Å². The summed E-state index contributed by atoms with van der Waals surface area (Å²) < 4.78 is 56.5. The molecular weight excluding hydrogens is 274 g/mol. The molecule has 0 saturated carbocycles. The van der Waals surface area contributed by atoms with Gasteiger partial charge < -0.3 is 10.2 Å². The van der Waals surface area contributed by atoms with Crippen LogP contribution in [0.15, 0.2) is 34.7 Å². The Balaban J connectivity index is 2.36. The lowest BCUT2D eigenvalue weighted by atomic mass is 10.1. The molecule has 2 rings (SSSR count). The predicted octanol–water partition coefficient (Wildman–Crippen LogP) is 3.99. The largest absolute Gasteiger partial charge is 0.461 e. The van der Waals surface area contributed by atoms with Crippen LogP contribution in [0.5, 0.6) is 0 Å². The Kier molecular flexibility index (Phi) is 3.85. The smallest absolute Gasteiger partial charge is 0.419 e. The highest BCUT2D eigenvalue weighted by Crippen LogP contribution is 2.34. The second kappa shape index (κ2) is 5.28. The van der Waals surface area contributed by atoms with Crippen LogP contribution in [-0.4, -0.2) is 6.04 Å². The van der Waals surface area contributed by atoms with E-state index in [9.17, 15) is 17.6 Å². The zero-order valence-electron chi connectivity index (χ0n) is 10.7. The Bertz CT molecular complexity index is 601. The minimum atomic E-state index is -4.73. The average Bonchev–Trinajstić information content (AvgIpc) is 2.75. The molecule has 0 radical (unpaired) electrons. The number of furan rings is 1. The van der Waals surface area contributed by atoms with Gasteiger partial charge in [-0.3, -0.25) is 0 Å². The molecule has 2 aromatic rings. The lowest BCUT2D eigenvalue weighted by Crippen LogP contribution is -2.17. The summed E-state index contributed by atoms with van der Waals surface area (Å²) in [5.41, 5.74) is 4.49. The summed E-state index contributed by atoms with van der Waals surface area (Å²) in [5.74, 6) is -0.470. The van der Waals surface area contributed by atoms with E-state index in [2.05, 4.69) is 0 Å². The van der Waals surface area contributed by atoms with Crippen molar-refractivity contribution in [1.29, 1.82) is 0 Å². The molecule has 2 N–H and O–H groups in total. The number of halogens is 4. The molecule has 20 heavy (non-hydrogen) atoms. The number of hydrogen-bond donors (Lipinski definition) is 1. The zero-order chi connectivity index (χ0) is 14.9. The molecule has 0 fully saturated rings. The quantitative estimate of drug-likeness (QED) is 0.867. The van der Waals surface area contributed by atoms with Gasteiger partial charge in [0.15, 0.2) is 0 Å². The summed E-state index contributed by atoms with van der Waals surface area (Å²) in [6.45, 7) is 1.79. The Hall–Kier alpha value is -1.82. The summed E-state index contributed by atoms with van der Waals surface area (Å²) in [6, 6.07) is 5.85. The third-order valence-electron chi connectivity index (χ3n) is 2.74.